The number of hydrogen-bond acceptors (Lipinski definition) is 3. The first kappa shape index (κ1) is 15.6. The second kappa shape index (κ2) is 9.79. The molecule has 0 bridgehead atoms. The number of ketones is 1. The van der Waals surface area contributed by atoms with Crippen molar-refractivity contribution in [2.24, 2.45) is 5.92 Å². The maximum absolute atomic E-state index is 11.5. The second-order valence-electron chi connectivity index (χ2n) is 4.77. The molecule has 0 heterocycles. The van der Waals surface area contributed by atoms with Gasteiger partial charge in [-0.3, -0.25) is 9.69 Å². The summed E-state index contributed by atoms with van der Waals surface area (Å²) in [6, 6.07) is 0. The summed E-state index contributed by atoms with van der Waals surface area (Å²) in [5.74, 6) is 0.506. The molecular formula is C13H30N2O. The summed E-state index contributed by atoms with van der Waals surface area (Å²) in [6.07, 6.45) is 3.67. The number of unbranched alkanes of at least 4 members (excludes halogenated alkanes) is 2. The molecule has 1 N–H and O–H groups in total. The average molecular weight is 230 g/mol. The molecule has 0 atom stereocenters. The topological polar surface area (TPSA) is 32.3 Å². The third kappa shape index (κ3) is 8.86. The third-order valence-corrected chi connectivity index (χ3v) is 2.71. The van der Waals surface area contributed by atoms with Crippen LogP contribution in [0.15, 0.2) is 0 Å². The van der Waals surface area contributed by atoms with Crippen LogP contribution in [0.25, 0.3) is 0 Å². The quantitative estimate of drug-likeness (QED) is 0.584. The Morgan fingerprint density at radius 3 is 2.56 bits per heavy atom. The van der Waals surface area contributed by atoms with Gasteiger partial charge in [-0.2, -0.15) is 0 Å². The lowest BCUT2D eigenvalue weighted by atomic mass is 10.1. The van der Waals surface area contributed by atoms with Crippen LogP contribution in [0.1, 0.15) is 41.5 Å². The maximum Gasteiger partial charge on any atom is 0.149 e. The van der Waals surface area contributed by atoms with Crippen LogP contribution in [0.3, 0.4) is 0 Å². The number of nitrogens with zero attached hydrogens (tertiary/aromatic N) is 1. The molecule has 16 heavy (non-hydrogen) atoms. The van der Waals surface area contributed by atoms with Gasteiger partial charge in [-0.05, 0) is 39.5 Å². The summed E-state index contributed by atoms with van der Waals surface area (Å²) in [7, 11) is 2.03. The van der Waals surface area contributed by atoms with Crippen LogP contribution in [0, 0.1) is 5.92 Å². The molecule has 0 spiro atoms. The fourth-order valence-electron chi connectivity index (χ4n) is 1.51. The molecule has 3 heteroatoms. The van der Waals surface area contributed by atoms with Crippen molar-refractivity contribution in [1.29, 1.82) is 0 Å². The number of rotatable bonds is 10. The highest BCUT2D eigenvalue weighted by atomic mass is 16.1. The maximum atomic E-state index is 11.5. The fraction of sp³-hybridized carbons (Fsp3) is 0.923. The van der Waals surface area contributed by atoms with Gasteiger partial charge in [0, 0.05) is 7.34 Å². The SMILES string of the molecule is CCNCCCCCN(C)CC(=O)C(C)C.[HH]. The van der Waals surface area contributed by atoms with Gasteiger partial charge < -0.3 is 5.32 Å². The van der Waals surface area contributed by atoms with Crippen molar-refractivity contribution in [3.63, 3.8) is 0 Å². The Morgan fingerprint density at radius 1 is 1.31 bits per heavy atom. The van der Waals surface area contributed by atoms with Crippen LogP contribution in [0.4, 0.5) is 0 Å². The van der Waals surface area contributed by atoms with E-state index in [1.165, 1.54) is 19.3 Å². The molecule has 0 saturated carbocycles. The summed E-state index contributed by atoms with van der Waals surface area (Å²) in [6.45, 7) is 9.87. The molecule has 0 aliphatic carbocycles. The highest BCUT2D eigenvalue weighted by Crippen LogP contribution is 2.00. The van der Waals surface area contributed by atoms with Crippen LogP contribution >= 0.6 is 0 Å². The zero-order chi connectivity index (χ0) is 12.4. The molecule has 0 unspecified atom stereocenters. The highest BCUT2D eigenvalue weighted by Gasteiger charge is 2.09. The first-order chi connectivity index (χ1) is 7.57. The van der Waals surface area contributed by atoms with Crippen LogP contribution in [-0.2, 0) is 4.79 Å². The molecule has 0 aliphatic heterocycles. The van der Waals surface area contributed by atoms with E-state index in [1.807, 2.05) is 20.9 Å². The van der Waals surface area contributed by atoms with Crippen LogP contribution in [0.2, 0.25) is 0 Å². The Kier molecular flexibility index (Phi) is 9.54. The number of hydrogen-bond donors (Lipinski definition) is 1. The lowest BCUT2D eigenvalue weighted by Gasteiger charge is -2.16. The summed E-state index contributed by atoms with van der Waals surface area (Å²) >= 11 is 0. The van der Waals surface area contributed by atoms with Crippen molar-refractivity contribution in [3.8, 4) is 0 Å². The molecule has 0 aromatic rings. The number of nitrogens with one attached hydrogen (secondary N) is 1. The summed E-state index contributed by atoms with van der Waals surface area (Å²) < 4.78 is 0. The van der Waals surface area contributed by atoms with Crippen LogP contribution in [0.5, 0.6) is 0 Å². The van der Waals surface area contributed by atoms with Gasteiger partial charge in [0.1, 0.15) is 5.78 Å². The highest BCUT2D eigenvalue weighted by molar-refractivity contribution is 5.82. The second-order valence-corrected chi connectivity index (χ2v) is 4.77. The van der Waals surface area contributed by atoms with E-state index in [1.54, 1.807) is 0 Å². The number of Topliss-reactive ketones (excluding diaryl/α,β-unsaturated/α-hetero) is 1. The lowest BCUT2D eigenvalue weighted by Crippen LogP contribution is -2.29. The molecule has 0 aliphatic rings. The Hall–Kier alpha value is -0.410. The molecular weight excluding hydrogens is 200 g/mol. The van der Waals surface area contributed by atoms with E-state index >= 15 is 0 Å². The van der Waals surface area contributed by atoms with Crippen LogP contribution in [-0.4, -0.2) is 43.9 Å². The first-order valence-corrected chi connectivity index (χ1v) is 6.49. The van der Waals surface area contributed by atoms with Crippen molar-refractivity contribution in [3.05, 3.63) is 0 Å². The molecule has 0 aromatic heterocycles. The molecule has 0 aromatic carbocycles. The minimum absolute atomic E-state index is 0. The zero-order valence-corrected chi connectivity index (χ0v) is 11.4. The van der Waals surface area contributed by atoms with E-state index in [9.17, 15) is 4.79 Å². The van der Waals surface area contributed by atoms with E-state index in [4.69, 9.17) is 0 Å². The van der Waals surface area contributed by atoms with Gasteiger partial charge in [0.05, 0.1) is 6.54 Å². The number of likely N-dealkylation sites (N-methyl/N-ethyl adjacent to an activating group) is 1. The third-order valence-electron chi connectivity index (χ3n) is 2.71. The van der Waals surface area contributed by atoms with Crippen LogP contribution < -0.4 is 5.32 Å². The smallest absolute Gasteiger partial charge is 0.149 e. The van der Waals surface area contributed by atoms with E-state index < -0.39 is 0 Å². The molecule has 0 saturated heterocycles. The molecule has 0 amide bonds. The standard InChI is InChI=1S/C13H28N2O.H2/c1-5-14-9-7-6-8-10-15(4)11-13(16)12(2)3;/h12,14H,5-11H2,1-4H3;1H. The average Bonchev–Trinajstić information content (AvgIpc) is 2.23. The minimum Gasteiger partial charge on any atom is -0.317 e. The molecule has 0 rings (SSSR count). The fourth-order valence-corrected chi connectivity index (χ4v) is 1.51. The Balaban J connectivity index is 0. The number of carbonyl (C=O) groups is 1. The van der Waals surface area contributed by atoms with Gasteiger partial charge in [0.2, 0.25) is 0 Å². The molecule has 3 nitrogen and oxygen atoms in total. The van der Waals surface area contributed by atoms with Crippen molar-refractivity contribution in [2.45, 2.75) is 40.0 Å². The summed E-state index contributed by atoms with van der Waals surface area (Å²) in [4.78, 5) is 13.6. The summed E-state index contributed by atoms with van der Waals surface area (Å²) in [5, 5.41) is 3.32. The van der Waals surface area contributed by atoms with E-state index in [-0.39, 0.29) is 7.34 Å². The first-order valence-electron chi connectivity index (χ1n) is 6.49. The Bertz CT molecular complexity index is 186. The van der Waals surface area contributed by atoms with Crippen molar-refractivity contribution >= 4 is 5.78 Å². The largest absolute Gasteiger partial charge is 0.317 e. The van der Waals surface area contributed by atoms with Crippen molar-refractivity contribution in [1.82, 2.24) is 10.2 Å². The summed E-state index contributed by atoms with van der Waals surface area (Å²) in [5.41, 5.74) is 0. The van der Waals surface area contributed by atoms with E-state index in [0.717, 1.165) is 19.6 Å². The predicted octanol–water partition coefficient (Wildman–Crippen LogP) is 2.17. The molecule has 0 fully saturated rings. The Labute approximate surface area is 102 Å². The minimum atomic E-state index is 0. The van der Waals surface area contributed by atoms with Gasteiger partial charge in [-0.1, -0.05) is 27.2 Å². The van der Waals surface area contributed by atoms with Gasteiger partial charge in [-0.15, -0.1) is 0 Å². The molecule has 0 radical (unpaired) electrons. The normalized spacial score (nSPS) is 11.4. The van der Waals surface area contributed by atoms with Gasteiger partial charge in [0.25, 0.3) is 0 Å². The van der Waals surface area contributed by atoms with Gasteiger partial charge in [-0.25, -0.2) is 0 Å². The lowest BCUT2D eigenvalue weighted by molar-refractivity contribution is -0.122. The van der Waals surface area contributed by atoms with E-state index in [2.05, 4.69) is 17.1 Å². The Morgan fingerprint density at radius 2 is 2.00 bits per heavy atom. The van der Waals surface area contributed by atoms with Crippen molar-refractivity contribution < 1.29 is 6.22 Å². The van der Waals surface area contributed by atoms with E-state index in [0.29, 0.717) is 12.3 Å². The van der Waals surface area contributed by atoms with Gasteiger partial charge >= 0.3 is 0 Å². The number of carbonyl (C=O) groups excluding carboxylic acids is 1. The van der Waals surface area contributed by atoms with Gasteiger partial charge in [0.15, 0.2) is 0 Å². The molecule has 98 valence electrons. The van der Waals surface area contributed by atoms with Crippen molar-refractivity contribution in [2.75, 3.05) is 33.2 Å². The predicted molar refractivity (Wildman–Crippen MR) is 71.9 cm³/mol. The monoisotopic (exact) mass is 230 g/mol. The zero-order valence-electron chi connectivity index (χ0n) is 11.4.